The lowest BCUT2D eigenvalue weighted by Crippen LogP contribution is -2.32. The van der Waals surface area contributed by atoms with Gasteiger partial charge >= 0.3 is 0 Å². The first-order valence-electron chi connectivity index (χ1n) is 4.79. The summed E-state index contributed by atoms with van der Waals surface area (Å²) in [6.07, 6.45) is 0.567. The molecule has 0 bridgehead atoms. The van der Waals surface area contributed by atoms with Crippen molar-refractivity contribution < 1.29 is 5.11 Å². The molecule has 3 heteroatoms. The summed E-state index contributed by atoms with van der Waals surface area (Å²) in [4.78, 5) is 0. The van der Waals surface area contributed by atoms with E-state index in [2.05, 4.69) is 40.3 Å². The number of rotatable bonds is 1. The monoisotopic (exact) mass is 255 g/mol. The van der Waals surface area contributed by atoms with Crippen molar-refractivity contribution in [3.8, 4) is 0 Å². The van der Waals surface area contributed by atoms with E-state index >= 15 is 0 Å². The Morgan fingerprint density at radius 1 is 1.43 bits per heavy atom. The SMILES string of the molecule is CC1(c2ccc(Br)cc2)CC(O)CN1. The average Bonchev–Trinajstić information content (AvgIpc) is 2.48. The fourth-order valence-electron chi connectivity index (χ4n) is 2.00. The third-order valence-corrected chi connectivity index (χ3v) is 3.38. The normalized spacial score (nSPS) is 32.1. The number of hydrogen-bond acceptors (Lipinski definition) is 2. The molecule has 2 rings (SSSR count). The standard InChI is InChI=1S/C11H14BrNO/c1-11(6-10(14)7-13-11)8-2-4-9(12)5-3-8/h2-5,10,13-14H,6-7H2,1H3. The molecule has 1 aliphatic rings. The molecule has 1 aromatic carbocycles. The van der Waals surface area contributed by atoms with Crippen LogP contribution in [0.4, 0.5) is 0 Å². The highest BCUT2D eigenvalue weighted by molar-refractivity contribution is 9.10. The predicted molar refractivity (Wildman–Crippen MR) is 60.1 cm³/mol. The van der Waals surface area contributed by atoms with Crippen molar-refractivity contribution in [2.75, 3.05) is 6.54 Å². The van der Waals surface area contributed by atoms with Gasteiger partial charge in [-0.3, -0.25) is 0 Å². The number of benzene rings is 1. The fourth-order valence-corrected chi connectivity index (χ4v) is 2.26. The third-order valence-electron chi connectivity index (χ3n) is 2.85. The molecule has 1 heterocycles. The van der Waals surface area contributed by atoms with Gasteiger partial charge in [0.2, 0.25) is 0 Å². The van der Waals surface area contributed by atoms with Crippen molar-refractivity contribution in [3.05, 3.63) is 34.3 Å². The summed E-state index contributed by atoms with van der Waals surface area (Å²) in [7, 11) is 0. The first-order valence-corrected chi connectivity index (χ1v) is 5.59. The van der Waals surface area contributed by atoms with E-state index in [1.54, 1.807) is 0 Å². The van der Waals surface area contributed by atoms with Crippen LogP contribution in [0.2, 0.25) is 0 Å². The minimum atomic E-state index is -0.219. The number of halogens is 1. The summed E-state index contributed by atoms with van der Waals surface area (Å²) >= 11 is 3.41. The second-order valence-electron chi connectivity index (χ2n) is 4.08. The van der Waals surface area contributed by atoms with Crippen LogP contribution in [0.3, 0.4) is 0 Å². The Morgan fingerprint density at radius 3 is 2.57 bits per heavy atom. The maximum atomic E-state index is 9.51. The van der Waals surface area contributed by atoms with Gasteiger partial charge in [0.05, 0.1) is 6.10 Å². The third kappa shape index (κ3) is 1.85. The predicted octanol–water partition coefficient (Wildman–Crippen LogP) is 2.02. The molecule has 1 fully saturated rings. The Labute approximate surface area is 92.5 Å². The van der Waals surface area contributed by atoms with Gasteiger partial charge in [-0.05, 0) is 31.0 Å². The summed E-state index contributed by atoms with van der Waals surface area (Å²) in [5.74, 6) is 0. The van der Waals surface area contributed by atoms with Gasteiger partial charge in [-0.2, -0.15) is 0 Å². The van der Waals surface area contributed by atoms with Crippen molar-refractivity contribution in [1.29, 1.82) is 0 Å². The summed E-state index contributed by atoms with van der Waals surface area (Å²) in [5, 5.41) is 12.9. The average molecular weight is 256 g/mol. The van der Waals surface area contributed by atoms with Crippen molar-refractivity contribution in [3.63, 3.8) is 0 Å². The van der Waals surface area contributed by atoms with E-state index in [4.69, 9.17) is 0 Å². The van der Waals surface area contributed by atoms with Crippen LogP contribution in [0, 0.1) is 0 Å². The topological polar surface area (TPSA) is 32.3 Å². The molecule has 2 unspecified atom stereocenters. The van der Waals surface area contributed by atoms with Gasteiger partial charge in [0.25, 0.3) is 0 Å². The number of aliphatic hydroxyl groups is 1. The quantitative estimate of drug-likeness (QED) is 0.805. The van der Waals surface area contributed by atoms with Crippen LogP contribution < -0.4 is 5.32 Å². The molecule has 1 saturated heterocycles. The zero-order valence-electron chi connectivity index (χ0n) is 8.13. The maximum absolute atomic E-state index is 9.51. The number of aliphatic hydroxyl groups excluding tert-OH is 1. The summed E-state index contributed by atoms with van der Waals surface area (Å²) in [6, 6.07) is 8.25. The highest BCUT2D eigenvalue weighted by Gasteiger charge is 2.34. The summed E-state index contributed by atoms with van der Waals surface area (Å²) in [6.45, 7) is 2.82. The zero-order chi connectivity index (χ0) is 10.2. The van der Waals surface area contributed by atoms with E-state index in [0.717, 1.165) is 10.9 Å². The lowest BCUT2D eigenvalue weighted by Gasteiger charge is -2.24. The molecule has 76 valence electrons. The van der Waals surface area contributed by atoms with E-state index in [9.17, 15) is 5.11 Å². The van der Waals surface area contributed by atoms with Crippen LogP contribution in [0.15, 0.2) is 28.7 Å². The van der Waals surface area contributed by atoms with Gasteiger partial charge < -0.3 is 10.4 Å². The van der Waals surface area contributed by atoms with E-state index in [1.807, 2.05) is 12.1 Å². The Kier molecular flexibility index (Phi) is 2.64. The Hall–Kier alpha value is -0.380. The highest BCUT2D eigenvalue weighted by Crippen LogP contribution is 2.30. The van der Waals surface area contributed by atoms with Gasteiger partial charge in [0.1, 0.15) is 0 Å². The molecule has 0 spiro atoms. The lowest BCUT2D eigenvalue weighted by molar-refractivity contribution is 0.186. The number of β-amino-alcohol motifs (C(OH)–C–C–N with tert-alkyl or cyclic N) is 1. The van der Waals surface area contributed by atoms with Gasteiger partial charge in [-0.1, -0.05) is 28.1 Å². The molecule has 0 amide bonds. The zero-order valence-corrected chi connectivity index (χ0v) is 9.71. The van der Waals surface area contributed by atoms with E-state index in [-0.39, 0.29) is 11.6 Å². The van der Waals surface area contributed by atoms with Crippen molar-refractivity contribution >= 4 is 15.9 Å². The Morgan fingerprint density at radius 2 is 2.07 bits per heavy atom. The molecule has 2 N–H and O–H groups in total. The van der Waals surface area contributed by atoms with Gasteiger partial charge in [-0.25, -0.2) is 0 Å². The van der Waals surface area contributed by atoms with Gasteiger partial charge in [0, 0.05) is 16.6 Å². The van der Waals surface area contributed by atoms with Crippen molar-refractivity contribution in [1.82, 2.24) is 5.32 Å². The van der Waals surface area contributed by atoms with Crippen LogP contribution in [-0.4, -0.2) is 17.8 Å². The van der Waals surface area contributed by atoms with Crippen LogP contribution in [-0.2, 0) is 5.54 Å². The maximum Gasteiger partial charge on any atom is 0.0685 e. The van der Waals surface area contributed by atoms with E-state index < -0.39 is 0 Å². The highest BCUT2D eigenvalue weighted by atomic mass is 79.9. The van der Waals surface area contributed by atoms with Crippen LogP contribution in [0.5, 0.6) is 0 Å². The van der Waals surface area contributed by atoms with Crippen LogP contribution in [0.25, 0.3) is 0 Å². The smallest absolute Gasteiger partial charge is 0.0685 e. The molecular weight excluding hydrogens is 242 g/mol. The molecule has 1 aromatic rings. The van der Waals surface area contributed by atoms with Crippen LogP contribution in [0.1, 0.15) is 18.9 Å². The minimum absolute atomic E-state index is 0.0693. The van der Waals surface area contributed by atoms with E-state index in [0.29, 0.717) is 6.54 Å². The fraction of sp³-hybridized carbons (Fsp3) is 0.455. The summed E-state index contributed by atoms with van der Waals surface area (Å²) < 4.78 is 1.09. The van der Waals surface area contributed by atoms with Crippen LogP contribution >= 0.6 is 15.9 Å². The Bertz CT molecular complexity index is 325. The lowest BCUT2D eigenvalue weighted by atomic mass is 9.90. The second-order valence-corrected chi connectivity index (χ2v) is 4.99. The molecule has 2 atom stereocenters. The molecule has 14 heavy (non-hydrogen) atoms. The molecule has 2 nitrogen and oxygen atoms in total. The van der Waals surface area contributed by atoms with E-state index in [1.165, 1.54) is 5.56 Å². The Balaban J connectivity index is 2.26. The molecule has 1 aliphatic heterocycles. The van der Waals surface area contributed by atoms with Gasteiger partial charge in [-0.15, -0.1) is 0 Å². The first-order chi connectivity index (χ1) is 6.60. The molecule has 0 aromatic heterocycles. The minimum Gasteiger partial charge on any atom is -0.392 e. The summed E-state index contributed by atoms with van der Waals surface area (Å²) in [5.41, 5.74) is 1.16. The second kappa shape index (κ2) is 3.65. The number of hydrogen-bond donors (Lipinski definition) is 2. The first kappa shape index (κ1) is 10.1. The molecule has 0 radical (unpaired) electrons. The van der Waals surface area contributed by atoms with Crippen molar-refractivity contribution in [2.45, 2.75) is 25.0 Å². The van der Waals surface area contributed by atoms with Gasteiger partial charge in [0.15, 0.2) is 0 Å². The largest absolute Gasteiger partial charge is 0.392 e. The molecule has 0 aliphatic carbocycles. The molecule has 0 saturated carbocycles. The molecular formula is C11H14BrNO. The van der Waals surface area contributed by atoms with Crippen molar-refractivity contribution in [2.24, 2.45) is 0 Å². The number of nitrogens with one attached hydrogen (secondary N) is 1.